The maximum Gasteiger partial charge on any atom is -0.00501 e. The summed E-state index contributed by atoms with van der Waals surface area (Å²) in [5, 5.41) is 0. The van der Waals surface area contributed by atoms with Gasteiger partial charge in [-0.05, 0) is 25.8 Å². The van der Waals surface area contributed by atoms with Gasteiger partial charge in [-0.1, -0.05) is 24.1 Å². The van der Waals surface area contributed by atoms with E-state index in [4.69, 9.17) is 6.42 Å². The molecular formula is C9H12. The van der Waals surface area contributed by atoms with Crippen molar-refractivity contribution in [2.45, 2.75) is 20.3 Å². The molecule has 0 N–H and O–H groups in total. The quantitative estimate of drug-likeness (QED) is 0.388. The maximum atomic E-state index is 5.11. The zero-order valence-corrected chi connectivity index (χ0v) is 6.07. The minimum absolute atomic E-state index is 0.899. The normalized spacial score (nSPS) is 10.6. The second kappa shape index (κ2) is 3.97. The Morgan fingerprint density at radius 1 is 1.67 bits per heavy atom. The monoisotopic (exact) mass is 120 g/mol. The molecular weight excluding hydrogens is 108 g/mol. The largest absolute Gasteiger partial charge is 0.115 e. The van der Waals surface area contributed by atoms with Gasteiger partial charge >= 0.3 is 0 Å². The molecule has 9 heavy (non-hydrogen) atoms. The molecule has 0 nitrogen and oxygen atoms in total. The summed E-state index contributed by atoms with van der Waals surface area (Å²) in [4.78, 5) is 0. The van der Waals surface area contributed by atoms with Crippen LogP contribution in [0.1, 0.15) is 20.3 Å². The lowest BCUT2D eigenvalue weighted by molar-refractivity contribution is 1.21. The topological polar surface area (TPSA) is 0 Å². The molecule has 0 aromatic carbocycles. The Kier molecular flexibility index (Phi) is 3.55. The molecule has 0 aliphatic carbocycles. The van der Waals surface area contributed by atoms with Gasteiger partial charge in [0.05, 0.1) is 0 Å². The van der Waals surface area contributed by atoms with Gasteiger partial charge in [0.2, 0.25) is 0 Å². The van der Waals surface area contributed by atoms with Crippen molar-refractivity contribution in [1.82, 2.24) is 0 Å². The summed E-state index contributed by atoms with van der Waals surface area (Å²) in [6.07, 6.45) is 8.01. The SMILES string of the molecule is C#CC(C)=CCC(=C)C. The first-order valence-corrected chi connectivity index (χ1v) is 2.94. The zero-order chi connectivity index (χ0) is 7.28. The summed E-state index contributed by atoms with van der Waals surface area (Å²) < 4.78 is 0. The van der Waals surface area contributed by atoms with E-state index >= 15 is 0 Å². The molecule has 0 unspecified atom stereocenters. The van der Waals surface area contributed by atoms with Gasteiger partial charge in [-0.25, -0.2) is 0 Å². The second-order valence-electron chi connectivity index (χ2n) is 2.19. The molecule has 0 aromatic rings. The van der Waals surface area contributed by atoms with E-state index in [9.17, 15) is 0 Å². The van der Waals surface area contributed by atoms with Gasteiger partial charge in [-0.3, -0.25) is 0 Å². The minimum atomic E-state index is 0.899. The van der Waals surface area contributed by atoms with Gasteiger partial charge in [-0.2, -0.15) is 0 Å². The molecule has 0 atom stereocenters. The van der Waals surface area contributed by atoms with Crippen LogP contribution in [-0.2, 0) is 0 Å². The van der Waals surface area contributed by atoms with Crippen LogP contribution in [0.15, 0.2) is 23.8 Å². The predicted molar refractivity (Wildman–Crippen MR) is 42.0 cm³/mol. The van der Waals surface area contributed by atoms with E-state index in [-0.39, 0.29) is 0 Å². The number of rotatable bonds is 2. The van der Waals surface area contributed by atoms with E-state index in [1.807, 2.05) is 19.9 Å². The Bertz CT molecular complexity index is 165. The first-order valence-electron chi connectivity index (χ1n) is 2.94. The number of allylic oxidation sites excluding steroid dienone is 3. The lowest BCUT2D eigenvalue weighted by Gasteiger charge is -1.89. The van der Waals surface area contributed by atoms with Gasteiger partial charge in [0.25, 0.3) is 0 Å². The molecule has 0 rings (SSSR count). The molecule has 0 spiro atoms. The van der Waals surface area contributed by atoms with Crippen LogP contribution in [0.5, 0.6) is 0 Å². The minimum Gasteiger partial charge on any atom is -0.115 e. The van der Waals surface area contributed by atoms with Gasteiger partial charge < -0.3 is 0 Å². The highest BCUT2D eigenvalue weighted by molar-refractivity contribution is 5.23. The third kappa shape index (κ3) is 4.90. The number of hydrogen-bond acceptors (Lipinski definition) is 0. The van der Waals surface area contributed by atoms with Crippen molar-refractivity contribution in [2.75, 3.05) is 0 Å². The van der Waals surface area contributed by atoms with Gasteiger partial charge in [0, 0.05) is 0 Å². The summed E-state index contributed by atoms with van der Waals surface area (Å²) in [7, 11) is 0. The van der Waals surface area contributed by atoms with E-state index in [0.29, 0.717) is 0 Å². The van der Waals surface area contributed by atoms with Crippen molar-refractivity contribution < 1.29 is 0 Å². The first-order chi connectivity index (χ1) is 4.16. The lowest BCUT2D eigenvalue weighted by Crippen LogP contribution is -1.71. The maximum absolute atomic E-state index is 5.11. The Labute approximate surface area is 57.3 Å². The molecule has 0 saturated carbocycles. The van der Waals surface area contributed by atoms with E-state index in [1.165, 1.54) is 0 Å². The first kappa shape index (κ1) is 8.04. The highest BCUT2D eigenvalue weighted by Gasteiger charge is 1.81. The molecule has 0 saturated heterocycles. The summed E-state index contributed by atoms with van der Waals surface area (Å²) in [5.41, 5.74) is 2.13. The Morgan fingerprint density at radius 3 is 2.56 bits per heavy atom. The van der Waals surface area contributed by atoms with Crippen LogP contribution in [-0.4, -0.2) is 0 Å². The van der Waals surface area contributed by atoms with Crippen LogP contribution in [0.4, 0.5) is 0 Å². The Morgan fingerprint density at radius 2 is 2.22 bits per heavy atom. The van der Waals surface area contributed by atoms with Crippen LogP contribution in [0.3, 0.4) is 0 Å². The van der Waals surface area contributed by atoms with Crippen LogP contribution in [0.25, 0.3) is 0 Å². The van der Waals surface area contributed by atoms with E-state index in [0.717, 1.165) is 17.6 Å². The van der Waals surface area contributed by atoms with Crippen molar-refractivity contribution in [1.29, 1.82) is 0 Å². The fourth-order valence-electron chi connectivity index (χ4n) is 0.386. The molecule has 0 bridgehead atoms. The molecule has 0 heterocycles. The molecule has 0 amide bonds. The van der Waals surface area contributed by atoms with Crippen molar-refractivity contribution >= 4 is 0 Å². The molecule has 0 radical (unpaired) electrons. The van der Waals surface area contributed by atoms with Gasteiger partial charge in [0.1, 0.15) is 0 Å². The molecule has 0 aromatic heterocycles. The van der Waals surface area contributed by atoms with Crippen LogP contribution in [0.2, 0.25) is 0 Å². The average molecular weight is 120 g/mol. The smallest absolute Gasteiger partial charge is 0.00501 e. The van der Waals surface area contributed by atoms with Crippen molar-refractivity contribution in [3.05, 3.63) is 23.8 Å². The van der Waals surface area contributed by atoms with Crippen LogP contribution < -0.4 is 0 Å². The number of hydrogen-bond donors (Lipinski definition) is 0. The fourth-order valence-corrected chi connectivity index (χ4v) is 0.386. The standard InChI is InChI=1S/C9H12/c1-5-9(4)7-6-8(2)3/h1,7H,2,6H2,3-4H3. The lowest BCUT2D eigenvalue weighted by atomic mass is 10.2. The van der Waals surface area contributed by atoms with Crippen molar-refractivity contribution in [3.63, 3.8) is 0 Å². The van der Waals surface area contributed by atoms with E-state index in [2.05, 4.69) is 12.5 Å². The molecule has 0 heteroatoms. The number of terminal acetylenes is 1. The van der Waals surface area contributed by atoms with Crippen LogP contribution >= 0.6 is 0 Å². The Hall–Kier alpha value is -0.960. The van der Waals surface area contributed by atoms with Crippen LogP contribution in [0, 0.1) is 12.3 Å². The van der Waals surface area contributed by atoms with E-state index in [1.54, 1.807) is 0 Å². The van der Waals surface area contributed by atoms with Crippen molar-refractivity contribution in [2.24, 2.45) is 0 Å². The molecule has 48 valence electrons. The third-order valence-electron chi connectivity index (χ3n) is 0.984. The predicted octanol–water partition coefficient (Wildman–Crippen LogP) is 2.53. The highest BCUT2D eigenvalue weighted by atomic mass is 13.9. The summed E-state index contributed by atoms with van der Waals surface area (Å²) in [6.45, 7) is 7.65. The second-order valence-corrected chi connectivity index (χ2v) is 2.19. The highest BCUT2D eigenvalue weighted by Crippen LogP contribution is 1.99. The molecule has 0 aliphatic heterocycles. The molecule has 0 aliphatic rings. The average Bonchev–Trinajstić information content (AvgIpc) is 1.83. The Balaban J connectivity index is 3.74. The third-order valence-corrected chi connectivity index (χ3v) is 0.984. The molecule has 0 fully saturated rings. The van der Waals surface area contributed by atoms with Gasteiger partial charge in [-0.15, -0.1) is 6.42 Å². The zero-order valence-electron chi connectivity index (χ0n) is 6.07. The summed E-state index contributed by atoms with van der Waals surface area (Å²) in [5.74, 6) is 2.54. The fraction of sp³-hybridized carbons (Fsp3) is 0.333. The van der Waals surface area contributed by atoms with E-state index < -0.39 is 0 Å². The van der Waals surface area contributed by atoms with Gasteiger partial charge in [0.15, 0.2) is 0 Å². The summed E-state index contributed by atoms with van der Waals surface area (Å²) >= 11 is 0. The summed E-state index contributed by atoms with van der Waals surface area (Å²) in [6, 6.07) is 0. The van der Waals surface area contributed by atoms with Crippen molar-refractivity contribution in [3.8, 4) is 12.3 Å².